The summed E-state index contributed by atoms with van der Waals surface area (Å²) < 4.78 is 7.61. The number of nitro benzene ring substituents is 1. The van der Waals surface area contributed by atoms with Crippen LogP contribution in [0.1, 0.15) is 22.4 Å². The van der Waals surface area contributed by atoms with E-state index < -0.39 is 4.92 Å². The monoisotopic (exact) mass is 385 g/mol. The Hall–Kier alpha value is -3.93. The Balaban J connectivity index is 1.55. The highest BCUT2D eigenvalue weighted by Crippen LogP contribution is 2.29. The van der Waals surface area contributed by atoms with E-state index in [1.807, 2.05) is 78.3 Å². The zero-order valence-corrected chi connectivity index (χ0v) is 15.9. The van der Waals surface area contributed by atoms with Crippen LogP contribution in [0.15, 0.2) is 73.1 Å². The van der Waals surface area contributed by atoms with E-state index in [-0.39, 0.29) is 18.0 Å². The van der Waals surface area contributed by atoms with Gasteiger partial charge in [0.2, 0.25) is 0 Å². The minimum Gasteiger partial charge on any atom is -0.482 e. The Morgan fingerprint density at radius 3 is 2.72 bits per heavy atom. The van der Waals surface area contributed by atoms with Crippen molar-refractivity contribution in [2.75, 3.05) is 0 Å². The molecule has 0 bridgehead atoms. The number of nitrogens with zero attached hydrogens (tertiary/aromatic N) is 3. The molecule has 6 heteroatoms. The molecule has 0 saturated carbocycles. The Bertz CT molecular complexity index is 1200. The molecule has 2 aromatic carbocycles. The molecule has 0 spiro atoms. The number of rotatable bonds is 6. The van der Waals surface area contributed by atoms with E-state index in [1.165, 1.54) is 6.07 Å². The number of aryl methyl sites for hydroxylation is 1. The molecule has 4 rings (SSSR count). The second-order valence-corrected chi connectivity index (χ2v) is 6.73. The summed E-state index contributed by atoms with van der Waals surface area (Å²) in [6.07, 6.45) is 7.52. The van der Waals surface area contributed by atoms with E-state index in [9.17, 15) is 10.1 Å². The SMILES string of the molecule is Cc1ccn2cc(/C=C/c3ccc(OCc4ccccc4)c([N+](=O)[O-])c3)nc2c1. The molecule has 0 aliphatic carbocycles. The molecule has 6 nitrogen and oxygen atoms in total. The van der Waals surface area contributed by atoms with Crippen molar-refractivity contribution in [3.05, 3.63) is 106 Å². The van der Waals surface area contributed by atoms with E-state index in [0.717, 1.165) is 22.5 Å². The van der Waals surface area contributed by atoms with Gasteiger partial charge in [0.05, 0.1) is 10.6 Å². The topological polar surface area (TPSA) is 69.7 Å². The summed E-state index contributed by atoms with van der Waals surface area (Å²) in [5, 5.41) is 11.5. The van der Waals surface area contributed by atoms with Gasteiger partial charge in [-0.15, -0.1) is 0 Å². The van der Waals surface area contributed by atoms with Crippen LogP contribution in [0.3, 0.4) is 0 Å². The highest BCUT2D eigenvalue weighted by molar-refractivity contribution is 5.71. The minimum atomic E-state index is -0.425. The molecule has 0 radical (unpaired) electrons. The fourth-order valence-electron chi connectivity index (χ4n) is 3.00. The van der Waals surface area contributed by atoms with Crippen LogP contribution in [-0.2, 0) is 6.61 Å². The van der Waals surface area contributed by atoms with E-state index in [4.69, 9.17) is 4.74 Å². The number of ether oxygens (including phenoxy) is 1. The summed E-state index contributed by atoms with van der Waals surface area (Å²) in [5.41, 5.74) is 4.38. The molecular formula is C23H19N3O3. The lowest BCUT2D eigenvalue weighted by Crippen LogP contribution is -1.99. The van der Waals surface area contributed by atoms with Crippen molar-refractivity contribution in [2.24, 2.45) is 0 Å². The maximum Gasteiger partial charge on any atom is 0.311 e. The molecule has 0 amide bonds. The van der Waals surface area contributed by atoms with Gasteiger partial charge >= 0.3 is 5.69 Å². The van der Waals surface area contributed by atoms with Gasteiger partial charge < -0.3 is 9.14 Å². The standard InChI is InChI=1S/C23H19N3O3/c1-17-11-12-25-15-20(24-23(25)13-17)9-7-18-8-10-22(21(14-18)26(27)28)29-16-19-5-3-2-4-6-19/h2-15H,16H2,1H3/b9-7+. The van der Waals surface area contributed by atoms with Crippen LogP contribution >= 0.6 is 0 Å². The molecule has 0 fully saturated rings. The zero-order valence-electron chi connectivity index (χ0n) is 15.9. The Morgan fingerprint density at radius 2 is 1.93 bits per heavy atom. The number of hydrogen-bond donors (Lipinski definition) is 0. The maximum atomic E-state index is 11.5. The van der Waals surface area contributed by atoms with Crippen molar-refractivity contribution < 1.29 is 9.66 Å². The fraction of sp³-hybridized carbons (Fsp3) is 0.0870. The van der Waals surface area contributed by atoms with Crippen molar-refractivity contribution in [3.63, 3.8) is 0 Å². The Kier molecular flexibility index (Phi) is 5.07. The number of fused-ring (bicyclic) bond motifs is 1. The summed E-state index contributed by atoms with van der Waals surface area (Å²) >= 11 is 0. The van der Waals surface area contributed by atoms with E-state index in [0.29, 0.717) is 5.56 Å². The summed E-state index contributed by atoms with van der Waals surface area (Å²) in [5.74, 6) is 0.249. The third kappa shape index (κ3) is 4.32. The maximum absolute atomic E-state index is 11.5. The molecule has 2 heterocycles. The van der Waals surface area contributed by atoms with Crippen LogP contribution in [-0.4, -0.2) is 14.3 Å². The van der Waals surface area contributed by atoms with Gasteiger partial charge in [-0.1, -0.05) is 42.5 Å². The number of hydrogen-bond acceptors (Lipinski definition) is 4. The molecule has 144 valence electrons. The summed E-state index contributed by atoms with van der Waals surface area (Å²) in [6, 6.07) is 18.5. The lowest BCUT2D eigenvalue weighted by molar-refractivity contribution is -0.386. The third-order valence-corrected chi connectivity index (χ3v) is 4.50. The molecule has 29 heavy (non-hydrogen) atoms. The predicted molar refractivity (Wildman–Crippen MR) is 113 cm³/mol. The van der Waals surface area contributed by atoms with Crippen LogP contribution in [0.4, 0.5) is 5.69 Å². The smallest absolute Gasteiger partial charge is 0.311 e. The van der Waals surface area contributed by atoms with Gasteiger partial charge in [-0.25, -0.2) is 4.98 Å². The van der Waals surface area contributed by atoms with Crippen LogP contribution in [0.2, 0.25) is 0 Å². The molecule has 2 aromatic heterocycles. The van der Waals surface area contributed by atoms with Crippen molar-refractivity contribution in [2.45, 2.75) is 13.5 Å². The van der Waals surface area contributed by atoms with E-state index >= 15 is 0 Å². The van der Waals surface area contributed by atoms with Gasteiger partial charge in [0.25, 0.3) is 0 Å². The van der Waals surface area contributed by atoms with Crippen molar-refractivity contribution >= 4 is 23.5 Å². The van der Waals surface area contributed by atoms with Crippen molar-refractivity contribution in [1.82, 2.24) is 9.38 Å². The second-order valence-electron chi connectivity index (χ2n) is 6.73. The van der Waals surface area contributed by atoms with Crippen LogP contribution in [0.25, 0.3) is 17.8 Å². The van der Waals surface area contributed by atoms with Crippen molar-refractivity contribution in [1.29, 1.82) is 0 Å². The van der Waals surface area contributed by atoms with Crippen LogP contribution in [0.5, 0.6) is 5.75 Å². The van der Waals surface area contributed by atoms with Crippen LogP contribution < -0.4 is 4.74 Å². The van der Waals surface area contributed by atoms with Gasteiger partial charge in [0, 0.05) is 18.5 Å². The predicted octanol–water partition coefficient (Wildman–Crippen LogP) is 5.30. The zero-order chi connectivity index (χ0) is 20.2. The molecule has 4 aromatic rings. The van der Waals surface area contributed by atoms with E-state index in [1.54, 1.807) is 12.1 Å². The molecule has 0 saturated heterocycles. The Labute approximate surface area is 167 Å². The lowest BCUT2D eigenvalue weighted by Gasteiger charge is -2.07. The Morgan fingerprint density at radius 1 is 1.10 bits per heavy atom. The highest BCUT2D eigenvalue weighted by atomic mass is 16.6. The largest absolute Gasteiger partial charge is 0.482 e. The molecule has 0 N–H and O–H groups in total. The number of benzene rings is 2. The third-order valence-electron chi connectivity index (χ3n) is 4.50. The first kappa shape index (κ1) is 18.4. The second kappa shape index (κ2) is 7.98. The summed E-state index contributed by atoms with van der Waals surface area (Å²) in [4.78, 5) is 15.6. The van der Waals surface area contributed by atoms with Gasteiger partial charge in [-0.2, -0.15) is 0 Å². The van der Waals surface area contributed by atoms with Crippen molar-refractivity contribution in [3.8, 4) is 5.75 Å². The molecule has 0 unspecified atom stereocenters. The average molecular weight is 385 g/mol. The number of aromatic nitrogens is 2. The number of pyridine rings is 1. The number of imidazole rings is 1. The summed E-state index contributed by atoms with van der Waals surface area (Å²) in [6.45, 7) is 2.29. The molecule has 0 aliphatic rings. The quantitative estimate of drug-likeness (QED) is 0.334. The molecule has 0 atom stereocenters. The first-order chi connectivity index (χ1) is 14.1. The average Bonchev–Trinajstić information content (AvgIpc) is 3.13. The fourth-order valence-corrected chi connectivity index (χ4v) is 3.00. The van der Waals surface area contributed by atoms with E-state index in [2.05, 4.69) is 4.98 Å². The summed E-state index contributed by atoms with van der Waals surface area (Å²) in [7, 11) is 0. The lowest BCUT2D eigenvalue weighted by atomic mass is 10.1. The van der Waals surface area contributed by atoms with Gasteiger partial charge in [-0.05, 0) is 47.9 Å². The minimum absolute atomic E-state index is 0.0614. The molecular weight excluding hydrogens is 366 g/mol. The van der Waals surface area contributed by atoms with Gasteiger partial charge in [-0.3, -0.25) is 10.1 Å². The van der Waals surface area contributed by atoms with Gasteiger partial charge in [0.1, 0.15) is 12.3 Å². The number of nitro groups is 1. The normalized spacial score (nSPS) is 11.2. The van der Waals surface area contributed by atoms with Gasteiger partial charge in [0.15, 0.2) is 5.75 Å². The first-order valence-corrected chi connectivity index (χ1v) is 9.17. The highest BCUT2D eigenvalue weighted by Gasteiger charge is 2.15. The first-order valence-electron chi connectivity index (χ1n) is 9.17. The van der Waals surface area contributed by atoms with Crippen LogP contribution in [0, 0.1) is 17.0 Å². The molecule has 0 aliphatic heterocycles.